The van der Waals surface area contributed by atoms with Crippen LogP contribution in [0.2, 0.25) is 0 Å². The van der Waals surface area contributed by atoms with Gasteiger partial charge in [0.15, 0.2) is 5.76 Å². The molecule has 0 radical (unpaired) electrons. The summed E-state index contributed by atoms with van der Waals surface area (Å²) in [6.07, 6.45) is 3.50. The van der Waals surface area contributed by atoms with E-state index in [0.717, 1.165) is 19.4 Å². The summed E-state index contributed by atoms with van der Waals surface area (Å²) < 4.78 is 5.08. The smallest absolute Gasteiger partial charge is 0.291 e. The number of thiophene rings is 1. The Hall–Kier alpha value is -1.83. The number of carbonyl (C=O) groups is 2. The Bertz CT molecular complexity index is 687. The lowest BCUT2D eigenvalue weighted by molar-refractivity contribution is 0.0699. The number of piperidine rings is 1. The number of rotatable bonds is 4. The number of amides is 2. The lowest BCUT2D eigenvalue weighted by Crippen LogP contribution is -2.47. The van der Waals surface area contributed by atoms with E-state index in [2.05, 4.69) is 10.6 Å². The molecule has 1 saturated heterocycles. The molecule has 3 rings (SSSR count). The molecule has 8 heteroatoms. The van der Waals surface area contributed by atoms with Crippen molar-refractivity contribution in [3.63, 3.8) is 0 Å². The van der Waals surface area contributed by atoms with E-state index in [1.54, 1.807) is 18.2 Å². The number of likely N-dealkylation sites (N-methyl/N-ethyl adjacent to an activating group) is 1. The van der Waals surface area contributed by atoms with Gasteiger partial charge in [0.25, 0.3) is 11.8 Å². The molecule has 2 N–H and O–H groups in total. The van der Waals surface area contributed by atoms with Gasteiger partial charge in [-0.1, -0.05) is 0 Å². The molecule has 24 heavy (non-hydrogen) atoms. The highest BCUT2D eigenvalue weighted by molar-refractivity contribution is 7.14. The van der Waals surface area contributed by atoms with Gasteiger partial charge in [0.05, 0.1) is 11.8 Å². The summed E-state index contributed by atoms with van der Waals surface area (Å²) in [6.45, 7) is 1.44. The zero-order valence-electron chi connectivity index (χ0n) is 13.3. The second-order valence-electron chi connectivity index (χ2n) is 5.47. The minimum atomic E-state index is -0.349. The number of furan rings is 1. The van der Waals surface area contributed by atoms with Crippen LogP contribution in [0, 0.1) is 0 Å². The minimum absolute atomic E-state index is 0. The maximum absolute atomic E-state index is 12.7. The van der Waals surface area contributed by atoms with Crippen LogP contribution >= 0.6 is 23.7 Å². The first-order valence-corrected chi connectivity index (χ1v) is 8.46. The van der Waals surface area contributed by atoms with Crippen molar-refractivity contribution < 1.29 is 14.0 Å². The first-order valence-electron chi connectivity index (χ1n) is 7.58. The third kappa shape index (κ3) is 3.98. The lowest BCUT2D eigenvalue weighted by Gasteiger charge is -2.32. The molecule has 1 unspecified atom stereocenters. The Morgan fingerprint density at radius 2 is 2.21 bits per heavy atom. The van der Waals surface area contributed by atoms with E-state index in [-0.39, 0.29) is 30.0 Å². The van der Waals surface area contributed by atoms with E-state index in [1.165, 1.54) is 17.6 Å². The summed E-state index contributed by atoms with van der Waals surface area (Å²) in [5.41, 5.74) is 0.534. The first-order chi connectivity index (χ1) is 11.2. The molecule has 2 amide bonds. The van der Waals surface area contributed by atoms with Gasteiger partial charge >= 0.3 is 0 Å². The topological polar surface area (TPSA) is 74.6 Å². The Morgan fingerprint density at radius 3 is 2.92 bits per heavy atom. The Morgan fingerprint density at radius 1 is 1.38 bits per heavy atom. The number of nitrogens with zero attached hydrogens (tertiary/aromatic N) is 1. The molecule has 1 aliphatic rings. The van der Waals surface area contributed by atoms with Crippen LogP contribution in [0.4, 0.5) is 5.00 Å². The van der Waals surface area contributed by atoms with Crippen LogP contribution in [0.5, 0.6) is 0 Å². The van der Waals surface area contributed by atoms with Gasteiger partial charge in [-0.2, -0.15) is 0 Å². The number of carbonyl (C=O) groups excluding carboxylic acids is 2. The third-order valence-electron chi connectivity index (χ3n) is 3.98. The summed E-state index contributed by atoms with van der Waals surface area (Å²) in [4.78, 5) is 26.7. The van der Waals surface area contributed by atoms with Gasteiger partial charge in [0.1, 0.15) is 5.00 Å². The van der Waals surface area contributed by atoms with Gasteiger partial charge in [-0.15, -0.1) is 23.7 Å². The molecule has 0 saturated carbocycles. The van der Waals surface area contributed by atoms with Crippen LogP contribution in [0.25, 0.3) is 0 Å². The Labute approximate surface area is 150 Å². The van der Waals surface area contributed by atoms with Crippen LogP contribution in [0.3, 0.4) is 0 Å². The summed E-state index contributed by atoms with van der Waals surface area (Å²) in [7, 11) is 1.91. The molecule has 6 nitrogen and oxygen atoms in total. The molecule has 130 valence electrons. The fraction of sp³-hybridized carbons (Fsp3) is 0.375. The standard InChI is InChI=1S/C16H19N3O3S.ClH/c1-17-11-4-2-7-19(10-11)16(21)12-6-9-23-15(12)18-14(20)13-5-3-8-22-13;/h3,5-6,8-9,11,17H,2,4,7,10H2,1H3,(H,18,20);1H. The largest absolute Gasteiger partial charge is 0.459 e. The Kier molecular flexibility index (Phi) is 6.42. The highest BCUT2D eigenvalue weighted by atomic mass is 35.5. The van der Waals surface area contributed by atoms with Crippen molar-refractivity contribution in [1.29, 1.82) is 0 Å². The predicted molar refractivity (Wildman–Crippen MR) is 96.2 cm³/mol. The van der Waals surface area contributed by atoms with Crippen molar-refractivity contribution in [3.8, 4) is 0 Å². The van der Waals surface area contributed by atoms with Crippen molar-refractivity contribution in [3.05, 3.63) is 41.2 Å². The summed E-state index contributed by atoms with van der Waals surface area (Å²) in [5.74, 6) is -0.163. The van der Waals surface area contributed by atoms with E-state index in [0.29, 0.717) is 23.2 Å². The molecule has 1 aliphatic heterocycles. The molecule has 2 aromatic heterocycles. The summed E-state index contributed by atoms with van der Waals surface area (Å²) in [6, 6.07) is 5.33. The van der Waals surface area contributed by atoms with Gasteiger partial charge < -0.3 is 20.0 Å². The van der Waals surface area contributed by atoms with E-state index in [1.807, 2.05) is 17.3 Å². The number of hydrogen-bond donors (Lipinski definition) is 2. The molecule has 2 aromatic rings. The van der Waals surface area contributed by atoms with Crippen LogP contribution < -0.4 is 10.6 Å². The van der Waals surface area contributed by atoms with Crippen LogP contribution in [-0.4, -0.2) is 42.9 Å². The molecule has 0 bridgehead atoms. The van der Waals surface area contributed by atoms with E-state index in [4.69, 9.17) is 4.42 Å². The molecule has 0 spiro atoms. The predicted octanol–water partition coefficient (Wildman–Crippen LogP) is 2.84. The normalized spacial score (nSPS) is 17.2. The van der Waals surface area contributed by atoms with Gasteiger partial charge in [0.2, 0.25) is 0 Å². The number of anilines is 1. The second-order valence-corrected chi connectivity index (χ2v) is 6.39. The van der Waals surface area contributed by atoms with Gasteiger partial charge in [-0.05, 0) is 43.5 Å². The van der Waals surface area contributed by atoms with Crippen molar-refractivity contribution in [2.24, 2.45) is 0 Å². The number of likely N-dealkylation sites (tertiary alicyclic amines) is 1. The van der Waals surface area contributed by atoms with Gasteiger partial charge in [-0.3, -0.25) is 9.59 Å². The zero-order chi connectivity index (χ0) is 16.2. The van der Waals surface area contributed by atoms with Gasteiger partial charge in [0, 0.05) is 19.1 Å². The minimum Gasteiger partial charge on any atom is -0.459 e. The molecule has 1 fully saturated rings. The van der Waals surface area contributed by atoms with Crippen LogP contribution in [-0.2, 0) is 0 Å². The van der Waals surface area contributed by atoms with E-state index in [9.17, 15) is 9.59 Å². The van der Waals surface area contributed by atoms with Crippen molar-refractivity contribution in [2.45, 2.75) is 18.9 Å². The molecule has 3 heterocycles. The van der Waals surface area contributed by atoms with E-state index >= 15 is 0 Å². The van der Waals surface area contributed by atoms with Crippen molar-refractivity contribution in [2.75, 3.05) is 25.5 Å². The maximum atomic E-state index is 12.7. The summed E-state index contributed by atoms with van der Waals surface area (Å²) >= 11 is 1.34. The second kappa shape index (κ2) is 8.32. The quantitative estimate of drug-likeness (QED) is 0.869. The average Bonchev–Trinajstić information content (AvgIpc) is 3.26. The van der Waals surface area contributed by atoms with Crippen molar-refractivity contribution >= 4 is 40.6 Å². The van der Waals surface area contributed by atoms with Gasteiger partial charge in [-0.25, -0.2) is 0 Å². The fourth-order valence-corrected chi connectivity index (χ4v) is 3.49. The molecular weight excluding hydrogens is 350 g/mol. The van der Waals surface area contributed by atoms with E-state index < -0.39 is 0 Å². The first kappa shape index (κ1) is 18.5. The molecule has 0 aliphatic carbocycles. The lowest BCUT2D eigenvalue weighted by atomic mass is 10.1. The molecule has 0 aromatic carbocycles. The highest BCUT2D eigenvalue weighted by Crippen LogP contribution is 2.26. The third-order valence-corrected chi connectivity index (χ3v) is 4.81. The monoisotopic (exact) mass is 369 g/mol. The molecular formula is C16H20ClN3O3S. The maximum Gasteiger partial charge on any atom is 0.291 e. The Balaban J connectivity index is 0.00000208. The van der Waals surface area contributed by atoms with Crippen molar-refractivity contribution in [1.82, 2.24) is 10.2 Å². The SMILES string of the molecule is CNC1CCCN(C(=O)c2ccsc2NC(=O)c2ccco2)C1.Cl. The number of halogens is 1. The number of hydrogen-bond acceptors (Lipinski definition) is 5. The highest BCUT2D eigenvalue weighted by Gasteiger charge is 2.26. The summed E-state index contributed by atoms with van der Waals surface area (Å²) in [5, 5.41) is 8.36. The molecule has 1 atom stereocenters. The van der Waals surface area contributed by atoms with Crippen LogP contribution in [0.15, 0.2) is 34.3 Å². The average molecular weight is 370 g/mol. The number of nitrogens with one attached hydrogen (secondary N) is 2. The fourth-order valence-electron chi connectivity index (χ4n) is 2.71. The van der Waals surface area contributed by atoms with Crippen LogP contribution in [0.1, 0.15) is 33.8 Å². The zero-order valence-corrected chi connectivity index (χ0v) is 14.9.